The maximum absolute atomic E-state index is 10.6. The van der Waals surface area contributed by atoms with E-state index >= 15 is 0 Å². The van der Waals surface area contributed by atoms with E-state index in [0.29, 0.717) is 19.6 Å². The number of nitrogens with zero attached hydrogens (tertiary/aromatic N) is 1. The van der Waals surface area contributed by atoms with Gasteiger partial charge in [0.1, 0.15) is 30.0 Å². The minimum Gasteiger partial charge on any atom is -0.497 e. The maximum Gasteiger partial charge on any atom is 0.122 e. The summed E-state index contributed by atoms with van der Waals surface area (Å²) in [7, 11) is 1.66. The molecular formula is C24H29NO4. The monoisotopic (exact) mass is 395 g/mol. The highest BCUT2D eigenvalue weighted by Gasteiger charge is 2.16. The highest BCUT2D eigenvalue weighted by Crippen LogP contribution is 2.20. The molecule has 1 atom stereocenters. The van der Waals surface area contributed by atoms with Crippen LogP contribution >= 0.6 is 0 Å². The average Bonchev–Trinajstić information content (AvgIpc) is 3.20. The Morgan fingerprint density at radius 2 is 1.90 bits per heavy atom. The number of aliphatic hydroxyl groups is 1. The summed E-state index contributed by atoms with van der Waals surface area (Å²) in [5.74, 6) is 2.48. The molecule has 154 valence electrons. The number of aryl methyl sites for hydroxylation is 2. The molecule has 0 saturated carbocycles. The standard InChI is InChI=1S/C24H29NO4/c1-18-9-10-24(19(2)12-18)29-17-21(26)15-25(16-23-8-5-11-28-23)14-20-6-4-7-22(13-20)27-3/h4-13,21,26H,14-17H2,1-3H3. The molecule has 1 heterocycles. The highest BCUT2D eigenvalue weighted by molar-refractivity contribution is 5.35. The Bertz CT molecular complexity index is 892. The van der Waals surface area contributed by atoms with Gasteiger partial charge in [0, 0.05) is 13.1 Å². The molecule has 0 aliphatic carbocycles. The van der Waals surface area contributed by atoms with Gasteiger partial charge in [0.25, 0.3) is 0 Å². The lowest BCUT2D eigenvalue weighted by atomic mass is 10.1. The zero-order chi connectivity index (χ0) is 20.6. The molecule has 1 aromatic heterocycles. The van der Waals surface area contributed by atoms with Crippen LogP contribution < -0.4 is 9.47 Å². The van der Waals surface area contributed by atoms with Crippen molar-refractivity contribution < 1.29 is 19.0 Å². The quantitative estimate of drug-likeness (QED) is 0.553. The van der Waals surface area contributed by atoms with Gasteiger partial charge in [0.15, 0.2) is 0 Å². The van der Waals surface area contributed by atoms with E-state index in [-0.39, 0.29) is 6.61 Å². The number of hydrogen-bond donors (Lipinski definition) is 1. The van der Waals surface area contributed by atoms with Crippen LogP contribution in [0.4, 0.5) is 0 Å². The van der Waals surface area contributed by atoms with E-state index in [9.17, 15) is 5.11 Å². The molecule has 0 radical (unpaired) electrons. The van der Waals surface area contributed by atoms with Crippen LogP contribution in [-0.4, -0.2) is 36.4 Å². The summed E-state index contributed by atoms with van der Waals surface area (Å²) in [4.78, 5) is 2.14. The molecule has 0 saturated heterocycles. The molecule has 3 rings (SSSR count). The second kappa shape index (κ2) is 10.1. The van der Waals surface area contributed by atoms with Crippen molar-refractivity contribution in [3.8, 4) is 11.5 Å². The van der Waals surface area contributed by atoms with Crippen molar-refractivity contribution in [3.05, 3.63) is 83.3 Å². The summed E-state index contributed by atoms with van der Waals surface area (Å²) in [6, 6.07) is 17.8. The van der Waals surface area contributed by atoms with E-state index in [1.807, 2.05) is 49.4 Å². The van der Waals surface area contributed by atoms with E-state index in [4.69, 9.17) is 13.9 Å². The van der Waals surface area contributed by atoms with E-state index in [2.05, 4.69) is 24.0 Å². The fraction of sp³-hybridized carbons (Fsp3) is 0.333. The topological polar surface area (TPSA) is 55.1 Å². The summed E-state index contributed by atoms with van der Waals surface area (Å²) in [6.45, 7) is 6.03. The van der Waals surface area contributed by atoms with Gasteiger partial charge in [-0.3, -0.25) is 4.90 Å². The molecular weight excluding hydrogens is 366 g/mol. The van der Waals surface area contributed by atoms with Crippen LogP contribution in [0, 0.1) is 13.8 Å². The summed E-state index contributed by atoms with van der Waals surface area (Å²) >= 11 is 0. The molecule has 2 aromatic carbocycles. The second-order valence-corrected chi connectivity index (χ2v) is 7.33. The van der Waals surface area contributed by atoms with Crippen molar-refractivity contribution in [1.82, 2.24) is 4.90 Å². The molecule has 0 aliphatic rings. The van der Waals surface area contributed by atoms with Crippen molar-refractivity contribution in [2.45, 2.75) is 33.0 Å². The Morgan fingerprint density at radius 3 is 2.62 bits per heavy atom. The Labute approximate surface area is 172 Å². The molecule has 0 spiro atoms. The first-order valence-electron chi connectivity index (χ1n) is 9.79. The first-order chi connectivity index (χ1) is 14.0. The van der Waals surface area contributed by atoms with Crippen LogP contribution in [-0.2, 0) is 13.1 Å². The van der Waals surface area contributed by atoms with Crippen LogP contribution in [0.2, 0.25) is 0 Å². The average molecular weight is 395 g/mol. The zero-order valence-electron chi connectivity index (χ0n) is 17.3. The maximum atomic E-state index is 10.6. The van der Waals surface area contributed by atoms with Crippen LogP contribution in [0.3, 0.4) is 0 Å². The molecule has 1 N–H and O–H groups in total. The third-order valence-electron chi connectivity index (χ3n) is 4.73. The fourth-order valence-corrected chi connectivity index (χ4v) is 3.33. The van der Waals surface area contributed by atoms with E-state index in [1.54, 1.807) is 13.4 Å². The van der Waals surface area contributed by atoms with Crippen LogP contribution in [0.15, 0.2) is 65.3 Å². The molecule has 1 unspecified atom stereocenters. The minimum atomic E-state index is -0.628. The third-order valence-corrected chi connectivity index (χ3v) is 4.73. The van der Waals surface area contributed by atoms with Gasteiger partial charge in [0.2, 0.25) is 0 Å². The van der Waals surface area contributed by atoms with Gasteiger partial charge in [-0.1, -0.05) is 29.8 Å². The molecule has 0 bridgehead atoms. The van der Waals surface area contributed by atoms with E-state index in [0.717, 1.165) is 28.4 Å². The van der Waals surface area contributed by atoms with Gasteiger partial charge in [-0.25, -0.2) is 0 Å². The molecule has 3 aromatic rings. The van der Waals surface area contributed by atoms with Crippen LogP contribution in [0.1, 0.15) is 22.5 Å². The van der Waals surface area contributed by atoms with Gasteiger partial charge in [-0.15, -0.1) is 0 Å². The normalized spacial score (nSPS) is 12.2. The molecule has 0 fully saturated rings. The first kappa shape index (κ1) is 21.0. The van der Waals surface area contributed by atoms with Gasteiger partial charge in [0.05, 0.1) is 19.9 Å². The van der Waals surface area contributed by atoms with Crippen molar-refractivity contribution in [3.63, 3.8) is 0 Å². The fourth-order valence-electron chi connectivity index (χ4n) is 3.33. The van der Waals surface area contributed by atoms with Crippen molar-refractivity contribution >= 4 is 0 Å². The molecule has 5 nitrogen and oxygen atoms in total. The predicted molar refractivity (Wildman–Crippen MR) is 113 cm³/mol. The van der Waals surface area contributed by atoms with E-state index < -0.39 is 6.10 Å². The van der Waals surface area contributed by atoms with Crippen molar-refractivity contribution in [2.24, 2.45) is 0 Å². The number of aliphatic hydroxyl groups excluding tert-OH is 1. The lowest BCUT2D eigenvalue weighted by Gasteiger charge is -2.25. The zero-order valence-corrected chi connectivity index (χ0v) is 17.3. The minimum absolute atomic E-state index is 0.233. The Hall–Kier alpha value is -2.76. The molecule has 5 heteroatoms. The Morgan fingerprint density at radius 1 is 1.03 bits per heavy atom. The number of methoxy groups -OCH3 is 1. The Balaban J connectivity index is 1.63. The molecule has 0 amide bonds. The van der Waals surface area contributed by atoms with Crippen molar-refractivity contribution in [2.75, 3.05) is 20.3 Å². The third kappa shape index (κ3) is 6.38. The van der Waals surface area contributed by atoms with Crippen LogP contribution in [0.25, 0.3) is 0 Å². The number of ether oxygens (including phenoxy) is 2. The van der Waals surface area contributed by atoms with Gasteiger partial charge in [-0.05, 0) is 55.3 Å². The second-order valence-electron chi connectivity index (χ2n) is 7.33. The number of rotatable bonds is 10. The first-order valence-corrected chi connectivity index (χ1v) is 9.79. The van der Waals surface area contributed by atoms with Gasteiger partial charge in [-0.2, -0.15) is 0 Å². The lowest BCUT2D eigenvalue weighted by Crippen LogP contribution is -2.35. The van der Waals surface area contributed by atoms with Gasteiger partial charge >= 0.3 is 0 Å². The SMILES string of the molecule is COc1cccc(CN(Cc2ccco2)CC(O)COc2ccc(C)cc2C)c1. The van der Waals surface area contributed by atoms with Crippen molar-refractivity contribution in [1.29, 1.82) is 0 Å². The smallest absolute Gasteiger partial charge is 0.122 e. The molecule has 0 aliphatic heterocycles. The largest absolute Gasteiger partial charge is 0.497 e. The predicted octanol–water partition coefficient (Wildman–Crippen LogP) is 4.35. The molecule has 29 heavy (non-hydrogen) atoms. The number of benzene rings is 2. The lowest BCUT2D eigenvalue weighted by molar-refractivity contribution is 0.0602. The summed E-state index contributed by atoms with van der Waals surface area (Å²) < 4.78 is 16.7. The van der Waals surface area contributed by atoms with Gasteiger partial charge < -0.3 is 19.0 Å². The van der Waals surface area contributed by atoms with Crippen LogP contribution in [0.5, 0.6) is 11.5 Å². The summed E-state index contributed by atoms with van der Waals surface area (Å²) in [5, 5.41) is 10.6. The number of hydrogen-bond acceptors (Lipinski definition) is 5. The summed E-state index contributed by atoms with van der Waals surface area (Å²) in [6.07, 6.45) is 1.04. The summed E-state index contributed by atoms with van der Waals surface area (Å²) in [5.41, 5.74) is 3.37. The number of furan rings is 1. The highest BCUT2D eigenvalue weighted by atomic mass is 16.5. The van der Waals surface area contributed by atoms with E-state index in [1.165, 1.54) is 5.56 Å². The Kier molecular flexibility index (Phi) is 7.33.